The van der Waals surface area contributed by atoms with E-state index >= 15 is 0 Å². The molecule has 0 unspecified atom stereocenters. The van der Waals surface area contributed by atoms with Gasteiger partial charge in [0.05, 0.1) is 12.1 Å². The van der Waals surface area contributed by atoms with Gasteiger partial charge in [0.25, 0.3) is 0 Å². The van der Waals surface area contributed by atoms with Crippen molar-refractivity contribution in [3.05, 3.63) is 76.6 Å². The number of hydrogen-bond acceptors (Lipinski definition) is 4. The molecule has 3 rings (SSSR count). The van der Waals surface area contributed by atoms with Crippen molar-refractivity contribution in [3.63, 3.8) is 0 Å². The summed E-state index contributed by atoms with van der Waals surface area (Å²) in [5.74, 6) is 0.413. The minimum absolute atomic E-state index is 0.397. The summed E-state index contributed by atoms with van der Waals surface area (Å²) in [6.45, 7) is 0.399. The van der Waals surface area contributed by atoms with Gasteiger partial charge in [-0.2, -0.15) is 5.26 Å². The highest BCUT2D eigenvalue weighted by molar-refractivity contribution is 6.31. The summed E-state index contributed by atoms with van der Waals surface area (Å²) in [5.41, 5.74) is 2.20. The second-order valence-corrected chi connectivity index (χ2v) is 5.24. The molecule has 0 radical (unpaired) electrons. The molecule has 3 aromatic rings. The van der Waals surface area contributed by atoms with E-state index in [-0.39, 0.29) is 0 Å². The number of allylic oxidation sites excluding steroid dienone is 1. The number of rotatable bonds is 4. The second kappa shape index (κ2) is 6.86. The van der Waals surface area contributed by atoms with Crippen LogP contribution in [0.4, 0.5) is 0 Å². The maximum Gasteiger partial charge on any atom is 0.193 e. The predicted molar refractivity (Wildman–Crippen MR) is 88.3 cm³/mol. The minimum Gasteiger partial charge on any atom is -0.220 e. The van der Waals surface area contributed by atoms with Crippen molar-refractivity contribution >= 4 is 23.3 Å². The van der Waals surface area contributed by atoms with Gasteiger partial charge >= 0.3 is 0 Å². The molecule has 0 aliphatic rings. The molecule has 0 saturated carbocycles. The van der Waals surface area contributed by atoms with E-state index in [0.29, 0.717) is 23.0 Å². The topological polar surface area (TPSA) is 67.4 Å². The summed E-state index contributed by atoms with van der Waals surface area (Å²) in [6, 6.07) is 19.2. The zero-order valence-electron chi connectivity index (χ0n) is 12.1. The van der Waals surface area contributed by atoms with E-state index in [2.05, 4.69) is 21.6 Å². The molecule has 1 heterocycles. The van der Waals surface area contributed by atoms with Gasteiger partial charge in [-0.25, -0.2) is 4.68 Å². The first kappa shape index (κ1) is 14.9. The van der Waals surface area contributed by atoms with E-state index in [9.17, 15) is 5.26 Å². The van der Waals surface area contributed by atoms with Gasteiger partial charge in [0, 0.05) is 5.02 Å². The van der Waals surface area contributed by atoms with Crippen LogP contribution in [-0.4, -0.2) is 20.2 Å². The number of aromatic nitrogens is 4. The molecule has 5 nitrogen and oxygen atoms in total. The Labute approximate surface area is 138 Å². The Kier molecular flexibility index (Phi) is 4.46. The highest BCUT2D eigenvalue weighted by Crippen LogP contribution is 2.19. The number of nitriles is 1. The molecular weight excluding hydrogens is 310 g/mol. The molecule has 0 bridgehead atoms. The zero-order valence-corrected chi connectivity index (χ0v) is 12.9. The Hall–Kier alpha value is -2.97. The Morgan fingerprint density at radius 2 is 1.87 bits per heavy atom. The lowest BCUT2D eigenvalue weighted by Crippen LogP contribution is -2.07. The third-order valence-electron chi connectivity index (χ3n) is 3.28. The van der Waals surface area contributed by atoms with Crippen LogP contribution in [0.15, 0.2) is 54.6 Å². The van der Waals surface area contributed by atoms with Gasteiger partial charge in [-0.05, 0) is 33.7 Å². The number of halogens is 1. The quantitative estimate of drug-likeness (QED) is 0.690. The van der Waals surface area contributed by atoms with E-state index in [1.54, 1.807) is 10.8 Å². The zero-order chi connectivity index (χ0) is 16.1. The lowest BCUT2D eigenvalue weighted by atomic mass is 10.1. The minimum atomic E-state index is 0.397. The van der Waals surface area contributed by atoms with E-state index < -0.39 is 0 Å². The van der Waals surface area contributed by atoms with E-state index in [0.717, 1.165) is 11.1 Å². The fraction of sp³-hybridized carbons (Fsp3) is 0.0588. The Balaban J connectivity index is 1.95. The predicted octanol–water partition coefficient (Wildman–Crippen LogP) is 3.44. The van der Waals surface area contributed by atoms with Gasteiger partial charge in [0.2, 0.25) is 0 Å². The van der Waals surface area contributed by atoms with Crippen LogP contribution in [0.5, 0.6) is 0 Å². The van der Waals surface area contributed by atoms with Crippen LogP contribution in [0.1, 0.15) is 17.0 Å². The molecule has 0 amide bonds. The summed E-state index contributed by atoms with van der Waals surface area (Å²) in [4.78, 5) is 0. The molecular formula is C17H12ClN5. The molecule has 0 saturated heterocycles. The highest BCUT2D eigenvalue weighted by Gasteiger charge is 2.13. The molecule has 2 aromatic carbocycles. The van der Waals surface area contributed by atoms with Crippen LogP contribution in [0.2, 0.25) is 5.02 Å². The van der Waals surface area contributed by atoms with Crippen LogP contribution in [0.25, 0.3) is 11.6 Å². The van der Waals surface area contributed by atoms with E-state index in [1.807, 2.05) is 54.6 Å². The summed E-state index contributed by atoms with van der Waals surface area (Å²) >= 11 is 6.18. The fourth-order valence-corrected chi connectivity index (χ4v) is 2.35. The van der Waals surface area contributed by atoms with Crippen molar-refractivity contribution in [2.75, 3.05) is 0 Å². The third-order valence-corrected chi connectivity index (χ3v) is 3.65. The summed E-state index contributed by atoms with van der Waals surface area (Å²) in [7, 11) is 0. The van der Waals surface area contributed by atoms with E-state index in [1.165, 1.54) is 0 Å². The van der Waals surface area contributed by atoms with Crippen molar-refractivity contribution in [2.45, 2.75) is 6.54 Å². The first-order valence-corrected chi connectivity index (χ1v) is 7.32. The number of benzene rings is 2. The van der Waals surface area contributed by atoms with Gasteiger partial charge in [-0.3, -0.25) is 0 Å². The molecule has 0 N–H and O–H groups in total. The Bertz CT molecular complexity index is 877. The summed E-state index contributed by atoms with van der Waals surface area (Å²) in [6.07, 6.45) is 1.76. The first-order valence-electron chi connectivity index (χ1n) is 6.94. The number of tetrazole rings is 1. The monoisotopic (exact) mass is 321 g/mol. The van der Waals surface area contributed by atoms with Crippen molar-refractivity contribution in [2.24, 2.45) is 0 Å². The smallest absolute Gasteiger partial charge is 0.193 e. The normalized spacial score (nSPS) is 11.2. The van der Waals surface area contributed by atoms with Crippen LogP contribution >= 0.6 is 11.6 Å². The molecule has 6 heteroatoms. The van der Waals surface area contributed by atoms with Gasteiger partial charge in [0.1, 0.15) is 6.07 Å². The van der Waals surface area contributed by atoms with Crippen molar-refractivity contribution in [1.82, 2.24) is 20.2 Å². The van der Waals surface area contributed by atoms with Crippen LogP contribution in [0, 0.1) is 11.3 Å². The average Bonchev–Trinajstić information content (AvgIpc) is 3.04. The molecule has 0 aliphatic carbocycles. The lowest BCUT2D eigenvalue weighted by molar-refractivity contribution is 0.643. The lowest BCUT2D eigenvalue weighted by Gasteiger charge is -2.06. The van der Waals surface area contributed by atoms with Crippen LogP contribution in [-0.2, 0) is 6.54 Å². The fourth-order valence-electron chi connectivity index (χ4n) is 2.15. The van der Waals surface area contributed by atoms with Crippen molar-refractivity contribution < 1.29 is 0 Å². The van der Waals surface area contributed by atoms with E-state index in [4.69, 9.17) is 11.6 Å². The molecule has 0 atom stereocenters. The summed E-state index contributed by atoms with van der Waals surface area (Å²) in [5, 5.41) is 21.7. The highest BCUT2D eigenvalue weighted by atomic mass is 35.5. The average molecular weight is 322 g/mol. The van der Waals surface area contributed by atoms with Gasteiger partial charge in [0.15, 0.2) is 5.82 Å². The second-order valence-electron chi connectivity index (χ2n) is 4.83. The summed E-state index contributed by atoms with van der Waals surface area (Å²) < 4.78 is 1.57. The number of nitrogens with zero attached hydrogens (tertiary/aromatic N) is 5. The molecule has 0 fully saturated rings. The molecule has 112 valence electrons. The SMILES string of the molecule is N#CC(=Cc1ccccc1)c1nnnn1Cc1ccccc1Cl. The molecule has 0 spiro atoms. The Morgan fingerprint density at radius 1 is 1.13 bits per heavy atom. The maximum absolute atomic E-state index is 9.45. The maximum atomic E-state index is 9.45. The standard InChI is InChI=1S/C17H12ClN5/c18-16-9-5-4-8-14(16)12-23-17(20-21-22-23)15(11-19)10-13-6-2-1-3-7-13/h1-10H,12H2. The number of hydrogen-bond donors (Lipinski definition) is 0. The third kappa shape index (κ3) is 3.44. The molecule has 0 aliphatic heterocycles. The van der Waals surface area contributed by atoms with Crippen LogP contribution in [0.3, 0.4) is 0 Å². The van der Waals surface area contributed by atoms with Crippen LogP contribution < -0.4 is 0 Å². The largest absolute Gasteiger partial charge is 0.220 e. The van der Waals surface area contributed by atoms with Gasteiger partial charge in [-0.15, -0.1) is 5.10 Å². The molecule has 23 heavy (non-hydrogen) atoms. The van der Waals surface area contributed by atoms with Gasteiger partial charge in [-0.1, -0.05) is 60.1 Å². The van der Waals surface area contributed by atoms with Gasteiger partial charge < -0.3 is 0 Å². The Morgan fingerprint density at radius 3 is 2.61 bits per heavy atom. The van der Waals surface area contributed by atoms with Crippen molar-refractivity contribution in [3.8, 4) is 6.07 Å². The first-order chi connectivity index (χ1) is 11.3. The van der Waals surface area contributed by atoms with Crippen molar-refractivity contribution in [1.29, 1.82) is 5.26 Å². The molecule has 1 aromatic heterocycles.